The lowest BCUT2D eigenvalue weighted by atomic mass is 10.2. The molecular formula is C24H32N6S. The van der Waals surface area contributed by atoms with Crippen LogP contribution in [0.5, 0.6) is 0 Å². The maximum atomic E-state index is 4.81. The summed E-state index contributed by atoms with van der Waals surface area (Å²) in [5.74, 6) is 0.860. The second-order valence-electron chi connectivity index (χ2n) is 7.88. The molecular weight excluding hydrogens is 404 g/mol. The zero-order valence-electron chi connectivity index (χ0n) is 18.2. The molecule has 1 aliphatic heterocycles. The molecule has 6 nitrogen and oxygen atoms in total. The third kappa shape index (κ3) is 6.18. The van der Waals surface area contributed by atoms with Gasteiger partial charge in [0.2, 0.25) is 0 Å². The fraction of sp³-hybridized carbons (Fsp3) is 0.417. The Labute approximate surface area is 189 Å². The van der Waals surface area contributed by atoms with Crippen LogP contribution >= 0.6 is 11.3 Å². The summed E-state index contributed by atoms with van der Waals surface area (Å²) in [7, 11) is 0. The standard InChI is InChI=1S/C24H32N6S/c1-2-25-24(27-17-22(23-11-8-14-31-23)29-12-6-7-13-29)26-15-21-16-28-30(19-21)18-20-9-4-3-5-10-20/h3-5,8-11,14,16,19,22H,2,6-7,12-13,15,17-18H2,1H3,(H2,25,26,27). The van der Waals surface area contributed by atoms with Gasteiger partial charge in [0.15, 0.2) is 5.96 Å². The molecule has 3 heterocycles. The lowest BCUT2D eigenvalue weighted by Crippen LogP contribution is -2.42. The van der Waals surface area contributed by atoms with E-state index >= 15 is 0 Å². The number of likely N-dealkylation sites (tertiary alicyclic amines) is 1. The number of hydrogen-bond donors (Lipinski definition) is 2. The minimum Gasteiger partial charge on any atom is -0.357 e. The van der Waals surface area contributed by atoms with Crippen LogP contribution in [0.25, 0.3) is 0 Å². The Morgan fingerprint density at radius 2 is 1.94 bits per heavy atom. The second-order valence-corrected chi connectivity index (χ2v) is 8.86. The predicted molar refractivity (Wildman–Crippen MR) is 128 cm³/mol. The number of aromatic nitrogens is 2. The normalized spacial score (nSPS) is 15.8. The molecule has 0 saturated carbocycles. The summed E-state index contributed by atoms with van der Waals surface area (Å²) in [5.41, 5.74) is 2.36. The topological polar surface area (TPSA) is 57.5 Å². The van der Waals surface area contributed by atoms with E-state index in [1.54, 1.807) is 0 Å². The Morgan fingerprint density at radius 3 is 2.68 bits per heavy atom. The summed E-state index contributed by atoms with van der Waals surface area (Å²) in [6, 6.07) is 15.2. The van der Waals surface area contributed by atoms with Gasteiger partial charge in [-0.05, 0) is 49.9 Å². The third-order valence-electron chi connectivity index (χ3n) is 5.55. The van der Waals surface area contributed by atoms with Gasteiger partial charge in [-0.15, -0.1) is 11.3 Å². The molecule has 3 aromatic rings. The molecule has 0 radical (unpaired) electrons. The number of nitrogens with zero attached hydrogens (tertiary/aromatic N) is 4. The summed E-state index contributed by atoms with van der Waals surface area (Å²) in [5, 5.41) is 13.6. The van der Waals surface area contributed by atoms with Crippen molar-refractivity contribution in [3.05, 3.63) is 76.2 Å². The van der Waals surface area contributed by atoms with Gasteiger partial charge in [-0.25, -0.2) is 4.99 Å². The fourth-order valence-electron chi connectivity index (χ4n) is 3.99. The molecule has 0 bridgehead atoms. The van der Waals surface area contributed by atoms with Crippen LogP contribution in [0.2, 0.25) is 0 Å². The maximum Gasteiger partial charge on any atom is 0.191 e. The Bertz CT molecular complexity index is 928. The number of hydrogen-bond acceptors (Lipinski definition) is 4. The lowest BCUT2D eigenvalue weighted by molar-refractivity contribution is 0.249. The Balaban J connectivity index is 1.36. The van der Waals surface area contributed by atoms with Crippen molar-refractivity contribution in [1.82, 2.24) is 25.3 Å². The highest BCUT2D eigenvalue weighted by molar-refractivity contribution is 7.10. The molecule has 7 heteroatoms. The van der Waals surface area contributed by atoms with Crippen LogP contribution in [-0.4, -0.2) is 46.8 Å². The van der Waals surface area contributed by atoms with Crippen LogP contribution in [-0.2, 0) is 13.1 Å². The van der Waals surface area contributed by atoms with Crippen molar-refractivity contribution in [2.24, 2.45) is 4.99 Å². The largest absolute Gasteiger partial charge is 0.357 e. The van der Waals surface area contributed by atoms with Crippen molar-refractivity contribution < 1.29 is 0 Å². The minimum absolute atomic E-state index is 0.403. The van der Waals surface area contributed by atoms with Gasteiger partial charge in [-0.1, -0.05) is 36.4 Å². The molecule has 1 atom stereocenters. The van der Waals surface area contributed by atoms with Gasteiger partial charge in [-0.3, -0.25) is 9.58 Å². The van der Waals surface area contributed by atoms with E-state index < -0.39 is 0 Å². The average Bonchev–Trinajstić information content (AvgIpc) is 3.56. The maximum absolute atomic E-state index is 4.81. The van der Waals surface area contributed by atoms with Gasteiger partial charge in [0, 0.05) is 29.7 Å². The predicted octanol–water partition coefficient (Wildman–Crippen LogP) is 3.89. The molecule has 1 aliphatic rings. The van der Waals surface area contributed by atoms with E-state index in [1.165, 1.54) is 36.4 Å². The van der Waals surface area contributed by atoms with Gasteiger partial charge < -0.3 is 10.6 Å². The van der Waals surface area contributed by atoms with Crippen LogP contribution in [0, 0.1) is 0 Å². The fourth-order valence-corrected chi connectivity index (χ4v) is 4.86. The average molecular weight is 437 g/mol. The van der Waals surface area contributed by atoms with Crippen molar-refractivity contribution in [3.63, 3.8) is 0 Å². The summed E-state index contributed by atoms with van der Waals surface area (Å²) < 4.78 is 1.97. The van der Waals surface area contributed by atoms with Crippen LogP contribution in [0.3, 0.4) is 0 Å². The number of benzene rings is 1. The molecule has 1 fully saturated rings. The summed E-state index contributed by atoms with van der Waals surface area (Å²) >= 11 is 1.84. The molecule has 4 rings (SSSR count). The van der Waals surface area contributed by atoms with Crippen molar-refractivity contribution >= 4 is 17.3 Å². The summed E-state index contributed by atoms with van der Waals surface area (Å²) in [6.07, 6.45) is 6.58. The zero-order valence-corrected chi connectivity index (χ0v) is 19.0. The smallest absolute Gasteiger partial charge is 0.191 e. The number of aliphatic imine (C=N–C) groups is 1. The van der Waals surface area contributed by atoms with E-state index in [4.69, 9.17) is 4.99 Å². The van der Waals surface area contributed by atoms with Crippen molar-refractivity contribution in [2.75, 3.05) is 26.2 Å². The quantitative estimate of drug-likeness (QED) is 0.395. The first-order valence-corrected chi connectivity index (χ1v) is 12.0. The van der Waals surface area contributed by atoms with E-state index in [9.17, 15) is 0 Å². The Kier molecular flexibility index (Phi) is 7.74. The van der Waals surface area contributed by atoms with Gasteiger partial charge in [0.25, 0.3) is 0 Å². The molecule has 1 saturated heterocycles. The molecule has 1 aromatic carbocycles. The third-order valence-corrected chi connectivity index (χ3v) is 6.53. The number of guanidine groups is 1. The SMILES string of the molecule is CCNC(=NCc1cnn(Cc2ccccc2)c1)NCC(c1cccs1)N1CCCC1. The first-order valence-electron chi connectivity index (χ1n) is 11.2. The molecule has 164 valence electrons. The van der Waals surface area contributed by atoms with E-state index in [2.05, 4.69) is 75.5 Å². The van der Waals surface area contributed by atoms with Crippen LogP contribution in [0.1, 0.15) is 41.8 Å². The second kappa shape index (κ2) is 11.1. The molecule has 0 aliphatic carbocycles. The monoisotopic (exact) mass is 436 g/mol. The van der Waals surface area contributed by atoms with Crippen LogP contribution < -0.4 is 10.6 Å². The van der Waals surface area contributed by atoms with E-state index in [0.29, 0.717) is 12.6 Å². The highest BCUT2D eigenvalue weighted by atomic mass is 32.1. The molecule has 2 aromatic heterocycles. The number of rotatable bonds is 9. The van der Waals surface area contributed by atoms with Gasteiger partial charge in [0.1, 0.15) is 0 Å². The zero-order chi connectivity index (χ0) is 21.3. The number of nitrogens with one attached hydrogen (secondary N) is 2. The van der Waals surface area contributed by atoms with Crippen molar-refractivity contribution in [3.8, 4) is 0 Å². The van der Waals surface area contributed by atoms with Crippen LogP contribution in [0.15, 0.2) is 65.2 Å². The molecule has 0 spiro atoms. The molecule has 1 unspecified atom stereocenters. The first kappa shape index (κ1) is 21.6. The Hall–Kier alpha value is -2.64. The van der Waals surface area contributed by atoms with Gasteiger partial charge in [-0.2, -0.15) is 5.10 Å². The van der Waals surface area contributed by atoms with Crippen molar-refractivity contribution in [2.45, 2.75) is 38.9 Å². The van der Waals surface area contributed by atoms with Crippen molar-refractivity contribution in [1.29, 1.82) is 0 Å². The van der Waals surface area contributed by atoms with E-state index in [1.807, 2.05) is 28.3 Å². The van der Waals surface area contributed by atoms with E-state index in [0.717, 1.165) is 31.2 Å². The van der Waals surface area contributed by atoms with E-state index in [-0.39, 0.29) is 0 Å². The lowest BCUT2D eigenvalue weighted by Gasteiger charge is -2.27. The Morgan fingerprint density at radius 1 is 1.10 bits per heavy atom. The van der Waals surface area contributed by atoms with Gasteiger partial charge >= 0.3 is 0 Å². The molecule has 2 N–H and O–H groups in total. The minimum atomic E-state index is 0.403. The highest BCUT2D eigenvalue weighted by Gasteiger charge is 2.24. The number of thiophene rings is 1. The molecule has 31 heavy (non-hydrogen) atoms. The summed E-state index contributed by atoms with van der Waals surface area (Å²) in [6.45, 7) is 7.55. The first-order chi connectivity index (χ1) is 15.3. The summed E-state index contributed by atoms with van der Waals surface area (Å²) in [4.78, 5) is 8.83. The van der Waals surface area contributed by atoms with Gasteiger partial charge in [0.05, 0.1) is 25.3 Å². The molecule has 0 amide bonds. The highest BCUT2D eigenvalue weighted by Crippen LogP contribution is 2.27. The van der Waals surface area contributed by atoms with Crippen LogP contribution in [0.4, 0.5) is 0 Å².